The largest absolute Gasteiger partial charge is 0.493 e. The highest BCUT2D eigenvalue weighted by Crippen LogP contribution is 2.30. The normalized spacial score (nSPS) is 14.8. The summed E-state index contributed by atoms with van der Waals surface area (Å²) in [5.41, 5.74) is 6.95. The molecule has 2 atom stereocenters. The molecule has 0 fully saturated rings. The number of methoxy groups -OCH3 is 1. The second kappa shape index (κ2) is 12.2. The maximum Gasteiger partial charge on any atom is 0.161 e. The molecular formula is C23H41NO3. The van der Waals surface area contributed by atoms with E-state index in [1.807, 2.05) is 12.1 Å². The van der Waals surface area contributed by atoms with E-state index in [9.17, 15) is 5.11 Å². The molecule has 156 valence electrons. The molecular weight excluding hydrogens is 338 g/mol. The van der Waals surface area contributed by atoms with Gasteiger partial charge in [0.05, 0.1) is 20.3 Å². The molecule has 0 aliphatic carbocycles. The van der Waals surface area contributed by atoms with Crippen molar-refractivity contribution in [1.82, 2.24) is 0 Å². The van der Waals surface area contributed by atoms with Crippen LogP contribution in [0.15, 0.2) is 18.2 Å². The smallest absolute Gasteiger partial charge is 0.161 e. The molecule has 0 aromatic heterocycles. The van der Waals surface area contributed by atoms with Crippen LogP contribution in [-0.4, -0.2) is 31.0 Å². The molecule has 1 rings (SSSR count). The van der Waals surface area contributed by atoms with E-state index in [0.717, 1.165) is 48.7 Å². The first kappa shape index (κ1) is 23.8. The number of aryl methyl sites for hydroxylation is 1. The number of ether oxygens (including phenoxy) is 2. The quantitative estimate of drug-likeness (QED) is 0.479. The van der Waals surface area contributed by atoms with E-state index in [1.54, 1.807) is 7.11 Å². The molecule has 0 saturated carbocycles. The van der Waals surface area contributed by atoms with Gasteiger partial charge < -0.3 is 20.3 Å². The third kappa shape index (κ3) is 8.98. The van der Waals surface area contributed by atoms with Crippen LogP contribution in [0.3, 0.4) is 0 Å². The summed E-state index contributed by atoms with van der Waals surface area (Å²) in [7, 11) is 1.68. The predicted octanol–water partition coefficient (Wildman–Crippen LogP) is 4.96. The van der Waals surface area contributed by atoms with Crippen LogP contribution >= 0.6 is 0 Å². The zero-order valence-corrected chi connectivity index (χ0v) is 18.1. The topological polar surface area (TPSA) is 64.7 Å². The van der Waals surface area contributed by atoms with Gasteiger partial charge in [-0.05, 0) is 55.2 Å². The summed E-state index contributed by atoms with van der Waals surface area (Å²) < 4.78 is 11.5. The Morgan fingerprint density at radius 2 is 1.85 bits per heavy atom. The first-order valence-electron chi connectivity index (χ1n) is 10.5. The van der Waals surface area contributed by atoms with E-state index in [0.29, 0.717) is 12.5 Å². The number of hydrogen-bond acceptors (Lipinski definition) is 4. The van der Waals surface area contributed by atoms with Gasteiger partial charge in [0.25, 0.3) is 0 Å². The molecule has 1 aromatic rings. The van der Waals surface area contributed by atoms with E-state index >= 15 is 0 Å². The first-order chi connectivity index (χ1) is 12.8. The van der Waals surface area contributed by atoms with Gasteiger partial charge in [0.2, 0.25) is 0 Å². The molecule has 0 amide bonds. The Morgan fingerprint density at radius 1 is 1.11 bits per heavy atom. The highest BCUT2D eigenvalue weighted by molar-refractivity contribution is 5.43. The third-order valence-corrected chi connectivity index (χ3v) is 5.20. The van der Waals surface area contributed by atoms with Crippen molar-refractivity contribution in [2.45, 2.75) is 78.2 Å². The van der Waals surface area contributed by atoms with Crippen LogP contribution in [-0.2, 0) is 6.42 Å². The molecule has 0 bridgehead atoms. The minimum Gasteiger partial charge on any atom is -0.493 e. The molecule has 0 radical (unpaired) electrons. The molecule has 2 unspecified atom stereocenters. The van der Waals surface area contributed by atoms with Gasteiger partial charge in [-0.1, -0.05) is 53.0 Å². The van der Waals surface area contributed by atoms with Gasteiger partial charge in [0, 0.05) is 5.54 Å². The van der Waals surface area contributed by atoms with Crippen molar-refractivity contribution in [3.05, 3.63) is 23.8 Å². The molecule has 4 nitrogen and oxygen atoms in total. The van der Waals surface area contributed by atoms with Gasteiger partial charge in [-0.15, -0.1) is 0 Å². The zero-order chi connectivity index (χ0) is 20.3. The standard InChI is InChI=1S/C23H41NO3/c1-6-13-23(24,17-25)14-12-20-10-11-21(22(15-20)26-5)27-16-19(4)9-7-8-18(2)3/h10-11,15,18-19,25H,6-9,12-14,16-17,24H2,1-5H3. The Morgan fingerprint density at radius 3 is 2.44 bits per heavy atom. The van der Waals surface area contributed by atoms with E-state index in [1.165, 1.54) is 19.3 Å². The van der Waals surface area contributed by atoms with Crippen molar-refractivity contribution in [2.24, 2.45) is 17.6 Å². The molecule has 0 heterocycles. The average molecular weight is 380 g/mol. The summed E-state index contributed by atoms with van der Waals surface area (Å²) in [4.78, 5) is 0. The van der Waals surface area contributed by atoms with Crippen LogP contribution in [0, 0.1) is 11.8 Å². The SMILES string of the molecule is CCCC(N)(CO)CCc1ccc(OCC(C)CCCC(C)C)c(OC)c1. The lowest BCUT2D eigenvalue weighted by Gasteiger charge is -2.27. The van der Waals surface area contributed by atoms with Crippen molar-refractivity contribution >= 4 is 0 Å². The second-order valence-corrected chi connectivity index (χ2v) is 8.50. The fourth-order valence-electron chi connectivity index (χ4n) is 3.35. The fraction of sp³-hybridized carbons (Fsp3) is 0.739. The molecule has 3 N–H and O–H groups in total. The van der Waals surface area contributed by atoms with E-state index in [4.69, 9.17) is 15.2 Å². The highest BCUT2D eigenvalue weighted by atomic mass is 16.5. The highest BCUT2D eigenvalue weighted by Gasteiger charge is 2.22. The Kier molecular flexibility index (Phi) is 10.8. The van der Waals surface area contributed by atoms with Gasteiger partial charge in [0.15, 0.2) is 11.5 Å². The molecule has 4 heteroatoms. The number of rotatable bonds is 14. The van der Waals surface area contributed by atoms with Crippen molar-refractivity contribution in [3.8, 4) is 11.5 Å². The van der Waals surface area contributed by atoms with Crippen LogP contribution in [0.2, 0.25) is 0 Å². The molecule has 0 spiro atoms. The van der Waals surface area contributed by atoms with Crippen molar-refractivity contribution in [1.29, 1.82) is 0 Å². The summed E-state index contributed by atoms with van der Waals surface area (Å²) in [6.07, 6.45) is 7.10. The monoisotopic (exact) mass is 379 g/mol. The number of aliphatic hydroxyl groups is 1. The van der Waals surface area contributed by atoms with Crippen LogP contribution in [0.25, 0.3) is 0 Å². The first-order valence-corrected chi connectivity index (χ1v) is 10.5. The molecule has 0 saturated heterocycles. The van der Waals surface area contributed by atoms with Crippen LogP contribution < -0.4 is 15.2 Å². The molecule has 0 aliphatic rings. The van der Waals surface area contributed by atoms with Gasteiger partial charge in [0.1, 0.15) is 0 Å². The Hall–Kier alpha value is -1.26. The Balaban J connectivity index is 2.58. The van der Waals surface area contributed by atoms with Crippen molar-refractivity contribution in [2.75, 3.05) is 20.3 Å². The summed E-state index contributed by atoms with van der Waals surface area (Å²) in [6, 6.07) is 6.10. The zero-order valence-electron chi connectivity index (χ0n) is 18.1. The number of nitrogens with two attached hydrogens (primary N) is 1. The fourth-order valence-corrected chi connectivity index (χ4v) is 3.35. The lowest BCUT2D eigenvalue weighted by Crippen LogP contribution is -2.43. The number of aliphatic hydroxyl groups excluding tert-OH is 1. The van der Waals surface area contributed by atoms with Gasteiger partial charge >= 0.3 is 0 Å². The van der Waals surface area contributed by atoms with Crippen LogP contribution in [0.5, 0.6) is 11.5 Å². The summed E-state index contributed by atoms with van der Waals surface area (Å²) >= 11 is 0. The minimum absolute atomic E-state index is 0.0217. The molecule has 0 aliphatic heterocycles. The maximum absolute atomic E-state index is 9.58. The van der Waals surface area contributed by atoms with Crippen molar-refractivity contribution < 1.29 is 14.6 Å². The summed E-state index contributed by atoms with van der Waals surface area (Å²) in [5, 5.41) is 9.58. The minimum atomic E-state index is -0.497. The van der Waals surface area contributed by atoms with E-state index < -0.39 is 5.54 Å². The maximum atomic E-state index is 9.58. The summed E-state index contributed by atoms with van der Waals surface area (Å²) in [6.45, 7) is 9.60. The molecule has 1 aromatic carbocycles. The van der Waals surface area contributed by atoms with E-state index in [-0.39, 0.29) is 6.61 Å². The van der Waals surface area contributed by atoms with E-state index in [2.05, 4.69) is 33.8 Å². The molecule has 27 heavy (non-hydrogen) atoms. The Labute approximate surface area is 166 Å². The number of hydrogen-bond donors (Lipinski definition) is 2. The Bertz CT molecular complexity index is 532. The van der Waals surface area contributed by atoms with Gasteiger partial charge in [-0.25, -0.2) is 0 Å². The predicted molar refractivity (Wildman–Crippen MR) is 114 cm³/mol. The van der Waals surface area contributed by atoms with Crippen molar-refractivity contribution in [3.63, 3.8) is 0 Å². The lowest BCUT2D eigenvalue weighted by molar-refractivity contribution is 0.177. The van der Waals surface area contributed by atoms with Crippen LogP contribution in [0.1, 0.15) is 71.8 Å². The lowest BCUT2D eigenvalue weighted by atomic mass is 9.89. The van der Waals surface area contributed by atoms with Gasteiger partial charge in [-0.2, -0.15) is 0 Å². The summed E-state index contributed by atoms with van der Waals surface area (Å²) in [5.74, 6) is 2.86. The van der Waals surface area contributed by atoms with Crippen LogP contribution in [0.4, 0.5) is 0 Å². The van der Waals surface area contributed by atoms with Gasteiger partial charge in [-0.3, -0.25) is 0 Å². The third-order valence-electron chi connectivity index (χ3n) is 5.20. The second-order valence-electron chi connectivity index (χ2n) is 8.50. The number of benzene rings is 1. The average Bonchev–Trinajstić information content (AvgIpc) is 2.65.